The quantitative estimate of drug-likeness (QED) is 0.420. The molecule has 1 atom stereocenters. The molecule has 2 aliphatic rings. The van der Waals surface area contributed by atoms with Gasteiger partial charge in [-0.2, -0.15) is 0 Å². The number of ether oxygens (including phenoxy) is 5. The topological polar surface area (TPSA) is 91.4 Å². The molecule has 0 amide bonds. The Labute approximate surface area is 223 Å². The first-order valence-electron chi connectivity index (χ1n) is 13.2. The maximum Gasteiger partial charge on any atom is 0.309 e. The molecule has 0 saturated carbocycles. The molecule has 5 rings (SSSR count). The second-order valence-electron chi connectivity index (χ2n) is 9.48. The summed E-state index contributed by atoms with van der Waals surface area (Å²) in [6.45, 7) is 5.37. The van der Waals surface area contributed by atoms with Gasteiger partial charge < -0.3 is 33.9 Å². The van der Waals surface area contributed by atoms with Crippen LogP contribution in [0.15, 0.2) is 42.5 Å². The van der Waals surface area contributed by atoms with Crippen molar-refractivity contribution < 1.29 is 28.5 Å². The van der Waals surface area contributed by atoms with Crippen LogP contribution in [0.25, 0.3) is 10.9 Å². The van der Waals surface area contributed by atoms with Crippen LogP contribution in [-0.2, 0) is 16.1 Å². The predicted molar refractivity (Wildman–Crippen MR) is 144 cm³/mol. The maximum absolute atomic E-state index is 12.3. The number of carbonyl (C=O) groups is 1. The van der Waals surface area contributed by atoms with Gasteiger partial charge in [0.15, 0.2) is 11.5 Å². The van der Waals surface area contributed by atoms with Crippen molar-refractivity contribution in [3.8, 4) is 23.0 Å². The number of benzene rings is 2. The number of para-hydroxylation sites is 2. The Bertz CT molecular complexity index is 1270. The van der Waals surface area contributed by atoms with E-state index in [1.54, 1.807) is 14.2 Å². The van der Waals surface area contributed by atoms with Gasteiger partial charge in [0, 0.05) is 37.1 Å². The number of hydrogen-bond donors (Lipinski definition) is 1. The minimum atomic E-state index is -0.108. The molecule has 2 aromatic carbocycles. The molecule has 0 bridgehead atoms. The molecule has 3 heterocycles. The fourth-order valence-corrected chi connectivity index (χ4v) is 5.11. The lowest BCUT2D eigenvalue weighted by Crippen LogP contribution is -2.39. The summed E-state index contributed by atoms with van der Waals surface area (Å²) in [7, 11) is 3.30. The van der Waals surface area contributed by atoms with Crippen molar-refractivity contribution in [1.82, 2.24) is 10.3 Å². The van der Waals surface area contributed by atoms with Gasteiger partial charge in [0.2, 0.25) is 0 Å². The predicted octanol–water partition coefficient (Wildman–Crippen LogP) is 3.96. The van der Waals surface area contributed by atoms with Gasteiger partial charge in [0.25, 0.3) is 0 Å². The zero-order valence-electron chi connectivity index (χ0n) is 22.2. The van der Waals surface area contributed by atoms with E-state index in [9.17, 15) is 4.79 Å². The van der Waals surface area contributed by atoms with E-state index in [1.165, 1.54) is 0 Å². The monoisotopic (exact) mass is 521 g/mol. The van der Waals surface area contributed by atoms with E-state index < -0.39 is 0 Å². The Balaban J connectivity index is 1.37. The largest absolute Gasteiger partial charge is 0.496 e. The number of methoxy groups -OCH3 is 2. The zero-order chi connectivity index (χ0) is 26.5. The van der Waals surface area contributed by atoms with Crippen molar-refractivity contribution in [2.75, 3.05) is 52.0 Å². The summed E-state index contributed by atoms with van der Waals surface area (Å²) in [5.74, 6) is 3.66. The Morgan fingerprint density at radius 1 is 1.08 bits per heavy atom. The molecule has 0 aliphatic carbocycles. The number of piperidine rings is 1. The lowest BCUT2D eigenvalue weighted by Gasteiger charge is -2.33. The average molecular weight is 522 g/mol. The van der Waals surface area contributed by atoms with Gasteiger partial charge >= 0.3 is 5.97 Å². The first-order chi connectivity index (χ1) is 18.6. The number of aromatic nitrogens is 1. The van der Waals surface area contributed by atoms with Crippen LogP contribution >= 0.6 is 0 Å². The summed E-state index contributed by atoms with van der Waals surface area (Å²) < 4.78 is 28.5. The molecule has 1 aromatic heterocycles. The van der Waals surface area contributed by atoms with Crippen LogP contribution in [0.3, 0.4) is 0 Å². The summed E-state index contributed by atoms with van der Waals surface area (Å²) >= 11 is 0. The molecule has 38 heavy (non-hydrogen) atoms. The van der Waals surface area contributed by atoms with E-state index in [4.69, 9.17) is 28.7 Å². The number of rotatable bonds is 9. The van der Waals surface area contributed by atoms with E-state index in [0.29, 0.717) is 32.1 Å². The van der Waals surface area contributed by atoms with Crippen LogP contribution in [-0.4, -0.2) is 64.1 Å². The highest BCUT2D eigenvalue weighted by Crippen LogP contribution is 2.36. The van der Waals surface area contributed by atoms with Gasteiger partial charge in [-0.15, -0.1) is 0 Å². The molecule has 9 heteroatoms. The molecule has 0 spiro atoms. The van der Waals surface area contributed by atoms with Crippen molar-refractivity contribution in [1.29, 1.82) is 0 Å². The number of carbonyl (C=O) groups excluding carboxylic acids is 1. The lowest BCUT2D eigenvalue weighted by molar-refractivity contribution is -0.148. The van der Waals surface area contributed by atoms with Crippen LogP contribution in [0.2, 0.25) is 0 Å². The van der Waals surface area contributed by atoms with Crippen LogP contribution in [0.4, 0.5) is 5.82 Å². The van der Waals surface area contributed by atoms with Gasteiger partial charge in [-0.05, 0) is 50.1 Å². The number of anilines is 1. The SMILES string of the molecule is CCOC(=O)C1CCN(c2nc3c(OC)ccc(OC)c3cc2CNC[C@H]2COc3ccccc3O2)CC1. The van der Waals surface area contributed by atoms with Crippen LogP contribution in [0, 0.1) is 5.92 Å². The molecule has 0 radical (unpaired) electrons. The molecule has 9 nitrogen and oxygen atoms in total. The molecular formula is C29H35N3O6. The summed E-state index contributed by atoms with van der Waals surface area (Å²) in [5.41, 5.74) is 1.79. The Morgan fingerprint density at radius 2 is 1.82 bits per heavy atom. The molecule has 202 valence electrons. The Hall–Kier alpha value is -3.72. The van der Waals surface area contributed by atoms with Gasteiger partial charge in [-0.1, -0.05) is 12.1 Å². The number of nitrogens with one attached hydrogen (secondary N) is 1. The molecule has 0 unspecified atom stereocenters. The van der Waals surface area contributed by atoms with E-state index in [1.807, 2.05) is 43.3 Å². The molecule has 3 aromatic rings. The van der Waals surface area contributed by atoms with Crippen molar-refractivity contribution in [3.63, 3.8) is 0 Å². The second kappa shape index (κ2) is 11.8. The van der Waals surface area contributed by atoms with Gasteiger partial charge in [-0.25, -0.2) is 4.98 Å². The van der Waals surface area contributed by atoms with Crippen LogP contribution in [0.1, 0.15) is 25.3 Å². The Morgan fingerprint density at radius 3 is 2.55 bits per heavy atom. The summed E-state index contributed by atoms with van der Waals surface area (Å²) in [5, 5.41) is 4.43. The number of fused-ring (bicyclic) bond motifs is 2. The van der Waals surface area contributed by atoms with Crippen LogP contribution in [0.5, 0.6) is 23.0 Å². The zero-order valence-corrected chi connectivity index (χ0v) is 22.2. The van der Waals surface area contributed by atoms with Crippen molar-refractivity contribution in [2.24, 2.45) is 5.92 Å². The van der Waals surface area contributed by atoms with E-state index in [2.05, 4.69) is 16.3 Å². The lowest BCUT2D eigenvalue weighted by atomic mass is 9.96. The average Bonchev–Trinajstić information content (AvgIpc) is 2.96. The number of nitrogens with zero attached hydrogens (tertiary/aromatic N) is 2. The molecule has 1 N–H and O–H groups in total. The first kappa shape index (κ1) is 25.9. The maximum atomic E-state index is 12.3. The van der Waals surface area contributed by atoms with E-state index in [-0.39, 0.29) is 18.0 Å². The Kier molecular flexibility index (Phi) is 8.03. The van der Waals surface area contributed by atoms with Crippen molar-refractivity contribution >= 4 is 22.7 Å². The number of pyridine rings is 1. The number of esters is 1. The fourth-order valence-electron chi connectivity index (χ4n) is 5.11. The molecule has 1 fully saturated rings. The minimum Gasteiger partial charge on any atom is -0.496 e. The van der Waals surface area contributed by atoms with Crippen molar-refractivity contribution in [3.05, 3.63) is 48.0 Å². The highest BCUT2D eigenvalue weighted by molar-refractivity contribution is 5.92. The smallest absolute Gasteiger partial charge is 0.309 e. The third kappa shape index (κ3) is 5.43. The number of hydrogen-bond acceptors (Lipinski definition) is 9. The summed E-state index contributed by atoms with van der Waals surface area (Å²) in [6, 6.07) is 13.6. The van der Waals surface area contributed by atoms with Gasteiger partial charge in [-0.3, -0.25) is 4.79 Å². The van der Waals surface area contributed by atoms with Crippen molar-refractivity contribution in [2.45, 2.75) is 32.4 Å². The van der Waals surface area contributed by atoms with Crippen LogP contribution < -0.4 is 29.2 Å². The molecule has 1 saturated heterocycles. The summed E-state index contributed by atoms with van der Waals surface area (Å²) in [6.07, 6.45) is 1.36. The minimum absolute atomic E-state index is 0.0748. The second-order valence-corrected chi connectivity index (χ2v) is 9.48. The summed E-state index contributed by atoms with van der Waals surface area (Å²) in [4.78, 5) is 19.6. The standard InChI is InChI=1S/C29H35N3O6/c1-4-36-29(33)19-11-13-32(14-12-19)28-20(15-22-23(34-2)9-10-26(35-3)27(22)31-28)16-30-17-21-18-37-24-7-5-6-8-25(24)38-21/h5-10,15,19,21,30H,4,11-14,16-18H2,1-3H3/t21-/m0/s1. The van der Waals surface area contributed by atoms with E-state index in [0.717, 1.165) is 65.5 Å². The highest BCUT2D eigenvalue weighted by atomic mass is 16.6. The third-order valence-electron chi connectivity index (χ3n) is 7.07. The molecule has 2 aliphatic heterocycles. The van der Waals surface area contributed by atoms with Gasteiger partial charge in [0.05, 0.1) is 26.7 Å². The highest BCUT2D eigenvalue weighted by Gasteiger charge is 2.28. The first-order valence-corrected chi connectivity index (χ1v) is 13.2. The van der Waals surface area contributed by atoms with Gasteiger partial charge in [0.1, 0.15) is 35.5 Å². The normalized spacial score (nSPS) is 17.3. The fraction of sp³-hybridized carbons (Fsp3) is 0.448. The third-order valence-corrected chi connectivity index (χ3v) is 7.07. The van der Waals surface area contributed by atoms with E-state index >= 15 is 0 Å². The molecular weight excluding hydrogens is 486 g/mol.